The lowest BCUT2D eigenvalue weighted by molar-refractivity contribution is -0.132. The van der Waals surface area contributed by atoms with Gasteiger partial charge in [-0.15, -0.1) is 0 Å². The third kappa shape index (κ3) is 4.72. The molecule has 0 aliphatic carbocycles. The smallest absolute Gasteiger partial charge is 0.300 e. The average molecular weight is 496 g/mol. The van der Waals surface area contributed by atoms with Gasteiger partial charge in [0.15, 0.2) is 0 Å². The molecule has 1 aliphatic rings. The highest BCUT2D eigenvalue weighted by atomic mass is 35.5. The number of rotatable bonds is 7. The Morgan fingerprint density at radius 2 is 1.80 bits per heavy atom. The Hall–Kier alpha value is -3.84. The van der Waals surface area contributed by atoms with E-state index in [0.717, 1.165) is 12.5 Å². The minimum atomic E-state index is -0.998. The molecular weight excluding hydrogens is 473 g/mol. The summed E-state index contributed by atoms with van der Waals surface area (Å²) in [7, 11) is 1.50. The van der Waals surface area contributed by atoms with Crippen LogP contribution in [0.1, 0.15) is 30.5 Å². The van der Waals surface area contributed by atoms with Crippen LogP contribution in [0.15, 0.2) is 72.3 Å². The van der Waals surface area contributed by atoms with Crippen LogP contribution < -0.4 is 14.4 Å². The van der Waals surface area contributed by atoms with Crippen LogP contribution in [-0.2, 0) is 9.59 Å². The van der Waals surface area contributed by atoms with Crippen LogP contribution in [0.25, 0.3) is 5.76 Å². The predicted octanol–water partition coefficient (Wildman–Crippen LogP) is 5.90. The number of hydrogen-bond acceptors (Lipinski definition) is 5. The van der Waals surface area contributed by atoms with Gasteiger partial charge in [0.05, 0.1) is 30.4 Å². The zero-order valence-electron chi connectivity index (χ0n) is 19.1. The first kappa shape index (κ1) is 24.3. The number of ether oxygens (including phenoxy) is 2. The molecule has 0 radical (unpaired) electrons. The molecule has 1 unspecified atom stereocenters. The minimum Gasteiger partial charge on any atom is -0.507 e. The third-order valence-corrected chi connectivity index (χ3v) is 5.93. The van der Waals surface area contributed by atoms with Crippen molar-refractivity contribution in [2.45, 2.75) is 19.4 Å². The molecule has 3 aromatic carbocycles. The second kappa shape index (κ2) is 10.2. The van der Waals surface area contributed by atoms with Crippen LogP contribution in [0.5, 0.6) is 11.5 Å². The summed E-state index contributed by atoms with van der Waals surface area (Å²) < 4.78 is 24.7. The maximum atomic E-state index is 13.8. The van der Waals surface area contributed by atoms with Gasteiger partial charge in [-0.2, -0.15) is 0 Å². The Kier molecular flexibility index (Phi) is 7.07. The van der Waals surface area contributed by atoms with Crippen molar-refractivity contribution in [3.05, 3.63) is 94.3 Å². The topological polar surface area (TPSA) is 76.1 Å². The fourth-order valence-corrected chi connectivity index (χ4v) is 4.12. The van der Waals surface area contributed by atoms with Crippen LogP contribution in [0.2, 0.25) is 5.02 Å². The van der Waals surface area contributed by atoms with Crippen molar-refractivity contribution in [1.29, 1.82) is 0 Å². The van der Waals surface area contributed by atoms with Crippen LogP contribution >= 0.6 is 11.6 Å². The summed E-state index contributed by atoms with van der Waals surface area (Å²) in [4.78, 5) is 27.6. The number of ketones is 1. The molecule has 1 amide bonds. The third-order valence-electron chi connectivity index (χ3n) is 5.64. The molecule has 0 spiro atoms. The Balaban J connectivity index is 1.87. The van der Waals surface area contributed by atoms with E-state index in [1.54, 1.807) is 48.5 Å². The quantitative estimate of drug-likeness (QED) is 0.251. The van der Waals surface area contributed by atoms with E-state index >= 15 is 0 Å². The molecule has 1 saturated heterocycles. The predicted molar refractivity (Wildman–Crippen MR) is 131 cm³/mol. The first-order valence-electron chi connectivity index (χ1n) is 11.0. The standard InChI is InChI=1S/C27H23ClFNO5/c1-3-13-35-19-10-7-16(8-11-19)25(31)23-24(17-5-4-6-20(14-17)34-2)30(27(33)26(23)32)18-9-12-22(29)21(28)15-18/h4-12,14-15,24,31H,3,13H2,1-2H3/b25-23+. The lowest BCUT2D eigenvalue weighted by Crippen LogP contribution is -2.29. The van der Waals surface area contributed by atoms with Crippen LogP contribution in [0, 0.1) is 5.82 Å². The number of nitrogens with zero attached hydrogens (tertiary/aromatic N) is 1. The molecule has 6 nitrogen and oxygen atoms in total. The molecule has 0 bridgehead atoms. The summed E-state index contributed by atoms with van der Waals surface area (Å²) in [5.41, 5.74) is 0.977. The van der Waals surface area contributed by atoms with Gasteiger partial charge in [0.25, 0.3) is 11.7 Å². The molecule has 0 aromatic heterocycles. The van der Waals surface area contributed by atoms with Crippen molar-refractivity contribution in [2.75, 3.05) is 18.6 Å². The van der Waals surface area contributed by atoms with E-state index in [2.05, 4.69) is 0 Å². The number of halogens is 2. The zero-order valence-corrected chi connectivity index (χ0v) is 19.9. The van der Waals surface area contributed by atoms with Crippen molar-refractivity contribution in [1.82, 2.24) is 0 Å². The van der Waals surface area contributed by atoms with E-state index < -0.39 is 23.5 Å². The van der Waals surface area contributed by atoms with Crippen molar-refractivity contribution in [2.24, 2.45) is 0 Å². The number of carbonyl (C=O) groups excluding carboxylic acids is 2. The summed E-state index contributed by atoms with van der Waals surface area (Å²) in [6.45, 7) is 2.54. The number of amides is 1. The molecule has 0 saturated carbocycles. The lowest BCUT2D eigenvalue weighted by atomic mass is 9.95. The Morgan fingerprint density at radius 1 is 1.06 bits per heavy atom. The van der Waals surface area contributed by atoms with Gasteiger partial charge in [-0.25, -0.2) is 4.39 Å². The van der Waals surface area contributed by atoms with Gasteiger partial charge in [-0.3, -0.25) is 14.5 Å². The van der Waals surface area contributed by atoms with Gasteiger partial charge in [0, 0.05) is 11.3 Å². The number of Topliss-reactive ketones (excluding diaryl/α,β-unsaturated/α-hetero) is 1. The van der Waals surface area contributed by atoms with Crippen LogP contribution in [0.3, 0.4) is 0 Å². The highest BCUT2D eigenvalue weighted by Gasteiger charge is 2.47. The molecule has 1 aliphatic heterocycles. The summed E-state index contributed by atoms with van der Waals surface area (Å²) in [5.74, 6) is -1.62. The monoisotopic (exact) mass is 495 g/mol. The molecular formula is C27H23ClFNO5. The normalized spacial score (nSPS) is 17.0. The number of aliphatic hydroxyl groups is 1. The Labute approximate surface area is 207 Å². The second-order valence-electron chi connectivity index (χ2n) is 7.92. The van der Waals surface area contributed by atoms with Crippen LogP contribution in [-0.4, -0.2) is 30.5 Å². The Morgan fingerprint density at radius 3 is 2.46 bits per heavy atom. The summed E-state index contributed by atoms with van der Waals surface area (Å²) in [6.07, 6.45) is 0.846. The molecule has 1 fully saturated rings. The molecule has 35 heavy (non-hydrogen) atoms. The van der Waals surface area contributed by atoms with E-state index in [4.69, 9.17) is 21.1 Å². The van der Waals surface area contributed by atoms with Gasteiger partial charge >= 0.3 is 0 Å². The van der Waals surface area contributed by atoms with E-state index in [9.17, 15) is 19.1 Å². The fourth-order valence-electron chi connectivity index (χ4n) is 3.95. The molecule has 3 aromatic rings. The SMILES string of the molecule is CCCOc1ccc(/C(O)=C2\C(=O)C(=O)N(c3ccc(F)c(Cl)c3)C2c2cccc(OC)c2)cc1. The van der Waals surface area contributed by atoms with Gasteiger partial charge < -0.3 is 14.6 Å². The number of carbonyl (C=O) groups is 2. The van der Waals surface area contributed by atoms with Crippen molar-refractivity contribution >= 4 is 34.7 Å². The maximum Gasteiger partial charge on any atom is 0.300 e. The van der Waals surface area contributed by atoms with Crippen molar-refractivity contribution < 1.29 is 28.6 Å². The van der Waals surface area contributed by atoms with Gasteiger partial charge in [-0.1, -0.05) is 30.7 Å². The maximum absolute atomic E-state index is 13.8. The lowest BCUT2D eigenvalue weighted by Gasteiger charge is -2.26. The minimum absolute atomic E-state index is 0.106. The zero-order chi connectivity index (χ0) is 25.1. The van der Waals surface area contributed by atoms with E-state index in [1.165, 1.54) is 24.1 Å². The first-order valence-corrected chi connectivity index (χ1v) is 11.4. The number of methoxy groups -OCH3 is 1. The number of anilines is 1. The largest absolute Gasteiger partial charge is 0.507 e. The van der Waals surface area contributed by atoms with E-state index in [0.29, 0.717) is 29.2 Å². The molecule has 1 N–H and O–H groups in total. The first-order chi connectivity index (χ1) is 16.8. The highest BCUT2D eigenvalue weighted by Crippen LogP contribution is 2.43. The van der Waals surface area contributed by atoms with Gasteiger partial charge in [-0.05, 0) is 66.6 Å². The summed E-state index contributed by atoms with van der Waals surface area (Å²) in [6, 6.07) is 16.2. The fraction of sp³-hybridized carbons (Fsp3) is 0.185. The molecule has 1 atom stereocenters. The molecule has 8 heteroatoms. The van der Waals surface area contributed by atoms with Crippen molar-refractivity contribution in [3.8, 4) is 11.5 Å². The van der Waals surface area contributed by atoms with Gasteiger partial charge in [0.2, 0.25) is 0 Å². The summed E-state index contributed by atoms with van der Waals surface area (Å²) in [5, 5.41) is 11.0. The summed E-state index contributed by atoms with van der Waals surface area (Å²) >= 11 is 5.97. The average Bonchev–Trinajstić information content (AvgIpc) is 3.14. The number of benzene rings is 3. The highest BCUT2D eigenvalue weighted by molar-refractivity contribution is 6.51. The number of aliphatic hydroxyl groups excluding tert-OH is 1. The van der Waals surface area contributed by atoms with E-state index in [1.807, 2.05) is 6.92 Å². The molecule has 180 valence electrons. The second-order valence-corrected chi connectivity index (χ2v) is 8.32. The van der Waals surface area contributed by atoms with Gasteiger partial charge in [0.1, 0.15) is 23.1 Å². The van der Waals surface area contributed by atoms with Crippen molar-refractivity contribution in [3.63, 3.8) is 0 Å². The Bertz CT molecular complexity index is 1310. The molecule has 4 rings (SSSR count). The number of hydrogen-bond donors (Lipinski definition) is 1. The van der Waals surface area contributed by atoms with E-state index in [-0.39, 0.29) is 22.0 Å². The van der Waals surface area contributed by atoms with Crippen LogP contribution in [0.4, 0.5) is 10.1 Å². The molecule has 1 heterocycles.